The maximum Gasteiger partial charge on any atom is 0.366 e. The molecule has 27 heavy (non-hydrogen) atoms. The van der Waals surface area contributed by atoms with Gasteiger partial charge in [0.1, 0.15) is 5.71 Å². The van der Waals surface area contributed by atoms with Gasteiger partial charge >= 0.3 is 5.97 Å². The Morgan fingerprint density at radius 2 is 1.59 bits per heavy atom. The van der Waals surface area contributed by atoms with Crippen molar-refractivity contribution < 1.29 is 28.6 Å². The predicted octanol–water partition coefficient (Wildman–Crippen LogP) is 3.34. The zero-order valence-corrected chi connectivity index (χ0v) is 16.3. The summed E-state index contributed by atoms with van der Waals surface area (Å²) in [6, 6.07) is 2.96. The van der Waals surface area contributed by atoms with Crippen LogP contribution >= 0.6 is 0 Å². The van der Waals surface area contributed by atoms with Crippen LogP contribution in [0.1, 0.15) is 31.1 Å². The van der Waals surface area contributed by atoms with Gasteiger partial charge in [-0.2, -0.15) is 0 Å². The van der Waals surface area contributed by atoms with Gasteiger partial charge in [-0.05, 0) is 48.3 Å². The average molecular weight is 373 g/mol. The monoisotopic (exact) mass is 373 g/mol. The summed E-state index contributed by atoms with van der Waals surface area (Å²) >= 11 is 0. The lowest BCUT2D eigenvalue weighted by Gasteiger charge is -2.16. The molecule has 0 saturated heterocycles. The number of hydrogen-bond donors (Lipinski definition) is 0. The van der Waals surface area contributed by atoms with Gasteiger partial charge in [-0.15, -0.1) is 0 Å². The Morgan fingerprint density at radius 3 is 2.07 bits per heavy atom. The number of carbonyl (C=O) groups excluding carboxylic acids is 2. The molecule has 0 fully saturated rings. The van der Waals surface area contributed by atoms with E-state index in [0.717, 1.165) is 0 Å². The van der Waals surface area contributed by atoms with E-state index in [2.05, 4.69) is 5.16 Å². The summed E-state index contributed by atoms with van der Waals surface area (Å²) in [6.45, 7) is 5.56. The minimum Gasteiger partial charge on any atom is -0.493 e. The summed E-state index contributed by atoms with van der Waals surface area (Å²) in [7, 11) is 4.39. The Balaban J connectivity index is 2.33. The van der Waals surface area contributed by atoms with Crippen LogP contribution in [0.25, 0.3) is 0 Å². The third kappa shape index (κ3) is 4.36. The van der Waals surface area contributed by atoms with Crippen LogP contribution in [0, 0.1) is 5.92 Å². The van der Waals surface area contributed by atoms with Gasteiger partial charge in [-0.3, -0.25) is 4.79 Å². The van der Waals surface area contributed by atoms with Gasteiger partial charge in [-0.25, -0.2) is 4.79 Å². The van der Waals surface area contributed by atoms with Gasteiger partial charge in [0.05, 0.1) is 26.9 Å². The maximum atomic E-state index is 12.5. The molecule has 1 aliphatic rings. The number of oxime groups is 1. The fourth-order valence-corrected chi connectivity index (χ4v) is 2.57. The molecular formula is C20H23NO6. The molecule has 0 N–H and O–H groups in total. The SMILES string of the molecule is COc1cc(C(=O)O/N=C2\C=C(C)C(=O)C=C2C(C)C)cc(OC)c1OC. The number of benzene rings is 1. The van der Waals surface area contributed by atoms with Crippen LogP contribution in [-0.2, 0) is 9.63 Å². The Hall–Kier alpha value is -3.09. The van der Waals surface area contributed by atoms with Crippen LogP contribution in [0.4, 0.5) is 0 Å². The molecule has 2 rings (SSSR count). The molecule has 0 amide bonds. The molecular weight excluding hydrogens is 350 g/mol. The van der Waals surface area contributed by atoms with E-state index in [1.807, 2.05) is 13.8 Å². The molecule has 0 aromatic heterocycles. The lowest BCUT2D eigenvalue weighted by Crippen LogP contribution is -2.16. The molecule has 1 aromatic rings. The largest absolute Gasteiger partial charge is 0.493 e. The van der Waals surface area contributed by atoms with Crippen LogP contribution in [0.3, 0.4) is 0 Å². The second kappa shape index (κ2) is 8.53. The van der Waals surface area contributed by atoms with Crippen molar-refractivity contribution in [2.45, 2.75) is 20.8 Å². The Labute approximate surface area is 158 Å². The number of carbonyl (C=O) groups is 2. The molecule has 0 radical (unpaired) electrons. The topological polar surface area (TPSA) is 83.4 Å². The molecule has 0 aliphatic heterocycles. The van der Waals surface area contributed by atoms with Crippen LogP contribution in [-0.4, -0.2) is 38.8 Å². The van der Waals surface area contributed by atoms with E-state index in [-0.39, 0.29) is 17.3 Å². The minimum absolute atomic E-state index is 0.0527. The summed E-state index contributed by atoms with van der Waals surface area (Å²) in [5, 5.41) is 3.96. The fraction of sp³-hybridized carbons (Fsp3) is 0.350. The van der Waals surface area contributed by atoms with Crippen LogP contribution in [0.15, 0.2) is 40.6 Å². The predicted molar refractivity (Wildman–Crippen MR) is 101 cm³/mol. The first kappa shape index (κ1) is 20.2. The zero-order valence-electron chi connectivity index (χ0n) is 16.3. The second-order valence-electron chi connectivity index (χ2n) is 6.22. The van der Waals surface area contributed by atoms with Gasteiger partial charge in [0.15, 0.2) is 17.3 Å². The molecule has 0 spiro atoms. The average Bonchev–Trinajstić information content (AvgIpc) is 2.66. The quantitative estimate of drug-likeness (QED) is 0.432. The summed E-state index contributed by atoms with van der Waals surface area (Å²) < 4.78 is 15.7. The molecule has 7 heteroatoms. The lowest BCUT2D eigenvalue weighted by molar-refractivity contribution is -0.111. The molecule has 0 atom stereocenters. The van der Waals surface area contributed by atoms with Crippen LogP contribution < -0.4 is 14.2 Å². The summed E-state index contributed by atoms with van der Waals surface area (Å²) in [5.74, 6) is 0.326. The van der Waals surface area contributed by atoms with Gasteiger partial charge in [-0.1, -0.05) is 19.0 Å². The summed E-state index contributed by atoms with van der Waals surface area (Å²) in [4.78, 5) is 29.4. The number of allylic oxidation sites excluding steroid dienone is 4. The van der Waals surface area contributed by atoms with Gasteiger partial charge in [0.2, 0.25) is 5.75 Å². The molecule has 0 bridgehead atoms. The molecule has 0 saturated carbocycles. The normalized spacial score (nSPS) is 15.4. The van der Waals surface area contributed by atoms with Gasteiger partial charge in [0, 0.05) is 0 Å². The Morgan fingerprint density at radius 1 is 1.00 bits per heavy atom. The molecule has 0 heterocycles. The fourth-order valence-electron chi connectivity index (χ4n) is 2.57. The molecule has 144 valence electrons. The second-order valence-corrected chi connectivity index (χ2v) is 6.22. The highest BCUT2D eigenvalue weighted by atomic mass is 16.7. The van der Waals surface area contributed by atoms with Crippen LogP contribution in [0.2, 0.25) is 0 Å². The van der Waals surface area contributed by atoms with E-state index in [0.29, 0.717) is 34.1 Å². The third-order valence-corrected chi connectivity index (χ3v) is 4.07. The van der Waals surface area contributed by atoms with Gasteiger partial charge < -0.3 is 19.0 Å². The highest BCUT2D eigenvalue weighted by Crippen LogP contribution is 2.38. The van der Waals surface area contributed by atoms with Crippen molar-refractivity contribution in [1.82, 2.24) is 0 Å². The number of rotatable bonds is 6. The highest BCUT2D eigenvalue weighted by Gasteiger charge is 2.21. The van der Waals surface area contributed by atoms with Crippen molar-refractivity contribution in [3.8, 4) is 17.2 Å². The van der Waals surface area contributed by atoms with Crippen molar-refractivity contribution >= 4 is 17.5 Å². The summed E-state index contributed by atoms with van der Waals surface area (Å²) in [6.07, 6.45) is 3.13. The van der Waals surface area contributed by atoms with Crippen molar-refractivity contribution in [1.29, 1.82) is 0 Å². The molecule has 7 nitrogen and oxygen atoms in total. The molecule has 1 aliphatic carbocycles. The van der Waals surface area contributed by atoms with E-state index in [1.165, 1.54) is 39.5 Å². The highest BCUT2D eigenvalue weighted by molar-refractivity contribution is 6.21. The molecule has 0 unspecified atom stereocenters. The van der Waals surface area contributed by atoms with E-state index in [9.17, 15) is 9.59 Å². The van der Waals surface area contributed by atoms with Crippen molar-refractivity contribution in [3.63, 3.8) is 0 Å². The molecule has 1 aromatic carbocycles. The summed E-state index contributed by atoms with van der Waals surface area (Å²) in [5.41, 5.74) is 1.88. The minimum atomic E-state index is -0.687. The first-order valence-corrected chi connectivity index (χ1v) is 8.36. The number of hydrogen-bond acceptors (Lipinski definition) is 7. The maximum absolute atomic E-state index is 12.5. The van der Waals surface area contributed by atoms with E-state index >= 15 is 0 Å². The third-order valence-electron chi connectivity index (χ3n) is 4.07. The van der Waals surface area contributed by atoms with E-state index in [4.69, 9.17) is 19.0 Å². The number of ether oxygens (including phenoxy) is 3. The Bertz CT molecular complexity index is 823. The lowest BCUT2D eigenvalue weighted by atomic mass is 9.90. The van der Waals surface area contributed by atoms with Crippen molar-refractivity contribution in [2.75, 3.05) is 21.3 Å². The first-order valence-electron chi connectivity index (χ1n) is 8.36. The van der Waals surface area contributed by atoms with Crippen molar-refractivity contribution in [2.24, 2.45) is 11.1 Å². The number of nitrogens with zero attached hydrogens (tertiary/aromatic N) is 1. The Kier molecular flexibility index (Phi) is 6.39. The standard InChI is InChI=1S/C20H23NO6/c1-11(2)14-10-16(22)12(3)7-15(14)21-27-20(23)13-8-17(24-4)19(26-6)18(9-13)25-5/h7-11H,1-6H3/b21-15+. The van der Waals surface area contributed by atoms with Gasteiger partial charge in [0.25, 0.3) is 0 Å². The number of ketones is 1. The van der Waals surface area contributed by atoms with Crippen molar-refractivity contribution in [3.05, 3.63) is 41.0 Å². The smallest absolute Gasteiger partial charge is 0.366 e. The first-order chi connectivity index (χ1) is 12.8. The van der Waals surface area contributed by atoms with E-state index in [1.54, 1.807) is 13.0 Å². The van der Waals surface area contributed by atoms with E-state index < -0.39 is 5.97 Å². The number of methoxy groups -OCH3 is 3. The zero-order chi connectivity index (χ0) is 20.1. The van der Waals surface area contributed by atoms with Crippen LogP contribution in [0.5, 0.6) is 17.2 Å².